The van der Waals surface area contributed by atoms with Gasteiger partial charge in [-0.2, -0.15) is 0 Å². The van der Waals surface area contributed by atoms with Crippen molar-refractivity contribution in [2.24, 2.45) is 11.8 Å². The van der Waals surface area contributed by atoms with Crippen LogP contribution in [0.25, 0.3) is 42.7 Å². The van der Waals surface area contributed by atoms with Crippen LogP contribution in [-0.2, 0) is 4.79 Å². The summed E-state index contributed by atoms with van der Waals surface area (Å²) in [5, 5.41) is 14.5. The van der Waals surface area contributed by atoms with Crippen LogP contribution in [0.3, 0.4) is 0 Å². The second kappa shape index (κ2) is 19.6. The Morgan fingerprint density at radius 1 is 0.565 bits per heavy atom. The van der Waals surface area contributed by atoms with E-state index in [0.29, 0.717) is 17.6 Å². The minimum atomic E-state index is -0.0832. The quantitative estimate of drug-likeness (QED) is 0.0995. The van der Waals surface area contributed by atoms with Crippen LogP contribution in [0.4, 0.5) is 11.6 Å². The van der Waals surface area contributed by atoms with E-state index in [1.165, 1.54) is 58.7 Å². The lowest BCUT2D eigenvalue weighted by Crippen LogP contribution is -2.57. The maximum absolute atomic E-state index is 14.8. The number of nitrogens with one attached hydrogen (secondary N) is 2. The van der Waals surface area contributed by atoms with Crippen LogP contribution in [0, 0.1) is 11.8 Å². The third-order valence-corrected chi connectivity index (χ3v) is 15.8. The zero-order valence-corrected chi connectivity index (χ0v) is 37.5. The van der Waals surface area contributed by atoms with Gasteiger partial charge in [-0.3, -0.25) is 14.6 Å². The predicted molar refractivity (Wildman–Crippen MR) is 256 cm³/mol. The van der Waals surface area contributed by atoms with Crippen LogP contribution in [0.5, 0.6) is 0 Å². The van der Waals surface area contributed by atoms with Gasteiger partial charge in [0.15, 0.2) is 5.78 Å². The van der Waals surface area contributed by atoms with Crippen LogP contribution in [-0.4, -0.2) is 126 Å². The Hall–Kier alpha value is -4.37. The molecular formula is C49H60N10OS2. The first-order chi connectivity index (χ1) is 30.7. The van der Waals surface area contributed by atoms with Gasteiger partial charge >= 0.3 is 0 Å². The van der Waals surface area contributed by atoms with Crippen molar-refractivity contribution < 1.29 is 4.79 Å². The third-order valence-electron chi connectivity index (χ3n) is 14.1. The minimum absolute atomic E-state index is 0.0832. The summed E-state index contributed by atoms with van der Waals surface area (Å²) in [7, 11) is 0. The van der Waals surface area contributed by atoms with Gasteiger partial charge in [0.25, 0.3) is 0 Å². The standard InChI is InChI=1S/C49H60N10OS2/c60-45(41(56-19-7-8-20-56)29-50-27-35-15-23-58(24-16-35)46-43-39(37-11-3-1-4-12-37)31-61-48(43)54-33-52-46)42(57-21-9-10-22-57)30-51-28-36-17-25-59(26-18-36)47-44-40(38-13-5-2-6-14-38)32-62-49(44)55-34-53-47/h1-6,11-14,31-36,41-42,50-51H,7-10,15-30H2. The summed E-state index contributed by atoms with van der Waals surface area (Å²) < 4.78 is 0. The van der Waals surface area contributed by atoms with Crippen molar-refractivity contribution in [2.45, 2.75) is 63.5 Å². The van der Waals surface area contributed by atoms with Gasteiger partial charge in [-0.05, 0) is 114 Å². The van der Waals surface area contributed by atoms with Crippen LogP contribution < -0.4 is 20.4 Å². The average molecular weight is 869 g/mol. The van der Waals surface area contributed by atoms with E-state index in [0.717, 1.165) is 126 Å². The van der Waals surface area contributed by atoms with Crippen molar-refractivity contribution in [3.63, 3.8) is 0 Å². The Bertz CT molecular complexity index is 2210. The van der Waals surface area contributed by atoms with E-state index in [4.69, 9.17) is 9.97 Å². The number of aromatic nitrogens is 4. The fourth-order valence-corrected chi connectivity index (χ4v) is 12.4. The lowest BCUT2D eigenvalue weighted by molar-refractivity contribution is -0.128. The summed E-state index contributed by atoms with van der Waals surface area (Å²) in [4.78, 5) is 45.8. The highest BCUT2D eigenvalue weighted by atomic mass is 32.1. The maximum Gasteiger partial charge on any atom is 0.169 e. The van der Waals surface area contributed by atoms with Crippen molar-refractivity contribution in [1.29, 1.82) is 0 Å². The smallest absolute Gasteiger partial charge is 0.169 e. The van der Waals surface area contributed by atoms with Crippen LogP contribution in [0.2, 0.25) is 0 Å². The van der Waals surface area contributed by atoms with E-state index in [2.05, 4.69) is 112 Å². The fourth-order valence-electron chi connectivity index (χ4n) is 10.6. The van der Waals surface area contributed by atoms with Gasteiger partial charge in [0.1, 0.15) is 34.0 Å². The Labute approximate surface area is 374 Å². The zero-order chi connectivity index (χ0) is 41.7. The molecule has 2 unspecified atom stereocenters. The van der Waals surface area contributed by atoms with Crippen molar-refractivity contribution in [1.82, 2.24) is 40.4 Å². The molecule has 0 bridgehead atoms. The van der Waals surface area contributed by atoms with Gasteiger partial charge in [-0.1, -0.05) is 60.7 Å². The van der Waals surface area contributed by atoms with Gasteiger partial charge in [-0.25, -0.2) is 19.9 Å². The molecule has 0 radical (unpaired) electrons. The van der Waals surface area contributed by atoms with Gasteiger partial charge in [0, 0.05) is 61.2 Å². The number of nitrogens with zero attached hydrogens (tertiary/aromatic N) is 8. The molecule has 13 heteroatoms. The molecule has 6 aromatic rings. The van der Waals surface area contributed by atoms with Gasteiger partial charge in [-0.15, -0.1) is 22.7 Å². The monoisotopic (exact) mass is 868 g/mol. The Balaban J connectivity index is 0.737. The SMILES string of the molecule is O=C(C(CNCC1CCN(c2ncnc3scc(-c4ccccc4)c23)CC1)N1CCCC1)C(CNCC1CCN(c2ncnc3scc(-c4ccccc4)c23)CC1)N1CCCC1. The van der Waals surface area contributed by atoms with Crippen molar-refractivity contribution in [3.8, 4) is 22.3 Å². The number of carbonyl (C=O) groups is 1. The van der Waals surface area contributed by atoms with E-state index < -0.39 is 0 Å². The van der Waals surface area contributed by atoms with E-state index >= 15 is 0 Å². The molecule has 4 aliphatic heterocycles. The summed E-state index contributed by atoms with van der Waals surface area (Å²) in [5.74, 6) is 3.69. The van der Waals surface area contributed by atoms with Crippen molar-refractivity contribution >= 4 is 60.5 Å². The molecule has 10 rings (SSSR count). The molecule has 4 aliphatic rings. The topological polar surface area (TPSA) is 106 Å². The van der Waals surface area contributed by atoms with Gasteiger partial charge < -0.3 is 20.4 Å². The summed E-state index contributed by atoms with van der Waals surface area (Å²) >= 11 is 3.41. The lowest BCUT2D eigenvalue weighted by atomic mass is 9.95. The number of piperidine rings is 2. The second-order valence-electron chi connectivity index (χ2n) is 17.9. The molecule has 4 saturated heterocycles. The first kappa shape index (κ1) is 41.6. The van der Waals surface area contributed by atoms with Gasteiger partial charge in [0.05, 0.1) is 22.9 Å². The summed E-state index contributed by atoms with van der Waals surface area (Å²) in [6, 6.07) is 21.1. The molecule has 0 spiro atoms. The van der Waals surface area contributed by atoms with Crippen LogP contribution >= 0.6 is 22.7 Å². The molecule has 2 aromatic carbocycles. The largest absolute Gasteiger partial charge is 0.356 e. The molecule has 4 fully saturated rings. The fraction of sp³-hybridized carbons (Fsp3) is 0.490. The summed E-state index contributed by atoms with van der Waals surface area (Å²) in [6.45, 7) is 11.4. The number of fused-ring (bicyclic) bond motifs is 2. The minimum Gasteiger partial charge on any atom is -0.356 e. The number of benzene rings is 2. The third kappa shape index (κ3) is 9.03. The molecule has 62 heavy (non-hydrogen) atoms. The highest BCUT2D eigenvalue weighted by Gasteiger charge is 2.37. The molecular weight excluding hydrogens is 809 g/mol. The highest BCUT2D eigenvalue weighted by Crippen LogP contribution is 2.40. The lowest BCUT2D eigenvalue weighted by Gasteiger charge is -2.36. The number of anilines is 2. The summed E-state index contributed by atoms with van der Waals surface area (Å²) in [5.41, 5.74) is 4.88. The number of thiophene rings is 2. The number of hydrogen-bond donors (Lipinski definition) is 2. The Morgan fingerprint density at radius 2 is 0.968 bits per heavy atom. The van der Waals surface area contributed by atoms with Crippen molar-refractivity contribution in [3.05, 3.63) is 84.1 Å². The first-order valence-electron chi connectivity index (χ1n) is 23.2. The number of rotatable bonds is 16. The van der Waals surface area contributed by atoms with E-state index in [1.54, 1.807) is 35.3 Å². The predicted octanol–water partition coefficient (Wildman–Crippen LogP) is 7.84. The summed E-state index contributed by atoms with van der Waals surface area (Å²) in [6.07, 6.45) is 12.6. The molecule has 0 aliphatic carbocycles. The number of ketones is 1. The van der Waals surface area contributed by atoms with E-state index in [-0.39, 0.29) is 12.1 Å². The molecule has 0 amide bonds. The van der Waals surface area contributed by atoms with E-state index in [9.17, 15) is 4.79 Å². The molecule has 324 valence electrons. The number of carbonyl (C=O) groups excluding carboxylic acids is 1. The number of hydrogen-bond acceptors (Lipinski definition) is 13. The number of likely N-dealkylation sites (tertiary alicyclic amines) is 2. The highest BCUT2D eigenvalue weighted by molar-refractivity contribution is 7.17. The molecule has 4 aromatic heterocycles. The molecule has 2 atom stereocenters. The number of Topliss-reactive ketones (excluding diaryl/α,β-unsaturated/α-hetero) is 1. The molecule has 8 heterocycles. The maximum atomic E-state index is 14.8. The molecule has 11 nitrogen and oxygen atoms in total. The normalized spacial score (nSPS) is 19.5. The molecule has 2 N–H and O–H groups in total. The first-order valence-corrected chi connectivity index (χ1v) is 24.9. The van der Waals surface area contributed by atoms with E-state index in [1.807, 2.05) is 0 Å². The molecule has 0 saturated carbocycles. The van der Waals surface area contributed by atoms with Crippen molar-refractivity contribution in [2.75, 3.05) is 88.3 Å². The zero-order valence-electron chi connectivity index (χ0n) is 35.8. The Morgan fingerprint density at radius 3 is 1.37 bits per heavy atom. The van der Waals surface area contributed by atoms with Gasteiger partial charge in [0.2, 0.25) is 0 Å². The second-order valence-corrected chi connectivity index (χ2v) is 19.6. The Kier molecular flexibility index (Phi) is 13.1. The van der Waals surface area contributed by atoms with Crippen LogP contribution in [0.1, 0.15) is 51.4 Å². The average Bonchev–Trinajstić information content (AvgIpc) is 4.19. The van der Waals surface area contributed by atoms with Crippen LogP contribution in [0.15, 0.2) is 84.1 Å².